The molecule has 0 heterocycles. The van der Waals surface area contributed by atoms with Crippen LogP contribution in [0.4, 0.5) is 0 Å². The minimum atomic E-state index is -2.66. The second-order valence-corrected chi connectivity index (χ2v) is 4.72. The minimum Gasteiger partial charge on any atom is -0.229 e. The van der Waals surface area contributed by atoms with Crippen LogP contribution in [0.25, 0.3) is 0 Å². The summed E-state index contributed by atoms with van der Waals surface area (Å²) in [6.45, 7) is 0. The third-order valence-electron chi connectivity index (χ3n) is 1.24. The summed E-state index contributed by atoms with van der Waals surface area (Å²) in [5.41, 5.74) is 0. The molecule has 0 aromatic heterocycles. The van der Waals surface area contributed by atoms with E-state index in [4.69, 9.17) is 0 Å². The van der Waals surface area contributed by atoms with Crippen molar-refractivity contribution in [3.63, 3.8) is 0 Å². The monoisotopic (exact) mass is 136 g/mol. The molecular formula is C5H12O2S. The zero-order valence-electron chi connectivity index (χ0n) is 4.92. The lowest BCUT2D eigenvalue weighted by Gasteiger charge is -1.89. The van der Waals surface area contributed by atoms with E-state index in [1.165, 1.54) is 6.26 Å². The Bertz CT molecular complexity index is 169. The maximum absolute atomic E-state index is 10.5. The summed E-state index contributed by atoms with van der Waals surface area (Å²) >= 11 is 0. The highest BCUT2D eigenvalue weighted by atomic mass is 32.2. The summed E-state index contributed by atoms with van der Waals surface area (Å²) in [4.78, 5) is 0. The van der Waals surface area contributed by atoms with E-state index in [9.17, 15) is 8.42 Å². The first kappa shape index (κ1) is 6.08. The van der Waals surface area contributed by atoms with E-state index in [-0.39, 0.29) is 1.43 Å². The molecule has 0 unspecified atom stereocenters. The van der Waals surface area contributed by atoms with Crippen LogP contribution in [0, 0.1) is 5.92 Å². The molecule has 0 spiro atoms. The number of hydrogen-bond donors (Lipinski definition) is 0. The first-order chi connectivity index (χ1) is 3.58. The maximum atomic E-state index is 10.5. The Balaban J connectivity index is 0.000000640. The van der Waals surface area contributed by atoms with Crippen molar-refractivity contribution in [2.24, 2.45) is 5.92 Å². The van der Waals surface area contributed by atoms with Crippen LogP contribution in [0.3, 0.4) is 0 Å². The van der Waals surface area contributed by atoms with Gasteiger partial charge in [-0.15, -0.1) is 0 Å². The van der Waals surface area contributed by atoms with Crippen molar-refractivity contribution < 1.29 is 9.84 Å². The van der Waals surface area contributed by atoms with Gasteiger partial charge in [-0.2, -0.15) is 0 Å². The quantitative estimate of drug-likeness (QED) is 0.559. The molecule has 0 aromatic carbocycles. The molecule has 0 amide bonds. The predicted octanol–water partition coefficient (Wildman–Crippen LogP) is 0.687. The fourth-order valence-electron chi connectivity index (χ4n) is 0.713. The van der Waals surface area contributed by atoms with Crippen molar-refractivity contribution in [3.8, 4) is 0 Å². The molecule has 0 radical (unpaired) electrons. The second kappa shape index (κ2) is 1.72. The molecular weight excluding hydrogens is 124 g/mol. The summed E-state index contributed by atoms with van der Waals surface area (Å²) in [6, 6.07) is 0. The van der Waals surface area contributed by atoms with E-state index in [0.717, 1.165) is 12.8 Å². The smallest absolute Gasteiger partial charge is 0.147 e. The molecule has 0 bridgehead atoms. The third-order valence-corrected chi connectivity index (χ3v) is 2.31. The lowest BCUT2D eigenvalue weighted by Crippen LogP contribution is -2.03. The second-order valence-electron chi connectivity index (χ2n) is 2.54. The van der Waals surface area contributed by atoms with Crippen molar-refractivity contribution >= 4 is 9.84 Å². The van der Waals surface area contributed by atoms with Gasteiger partial charge in [0.2, 0.25) is 0 Å². The first-order valence-corrected chi connectivity index (χ1v) is 4.82. The summed E-state index contributed by atoms with van der Waals surface area (Å²) in [6.07, 6.45) is 3.53. The van der Waals surface area contributed by atoms with Crippen molar-refractivity contribution in [2.75, 3.05) is 12.0 Å². The standard InChI is InChI=1S/C5H10O2S.H2/c1-8(6,7)4-5-2-3-5;/h5H,2-4H2,1H3;1H. The van der Waals surface area contributed by atoms with Gasteiger partial charge in [0.05, 0.1) is 5.75 Å². The van der Waals surface area contributed by atoms with Crippen LogP contribution in [-0.2, 0) is 9.84 Å². The Labute approximate surface area is 51.3 Å². The highest BCUT2D eigenvalue weighted by Crippen LogP contribution is 2.29. The van der Waals surface area contributed by atoms with Crippen LogP contribution in [0.1, 0.15) is 14.3 Å². The molecule has 0 atom stereocenters. The lowest BCUT2D eigenvalue weighted by atomic mass is 10.5. The van der Waals surface area contributed by atoms with E-state index in [0.29, 0.717) is 11.7 Å². The Morgan fingerprint density at radius 2 is 2.12 bits per heavy atom. The van der Waals surface area contributed by atoms with E-state index in [1.54, 1.807) is 0 Å². The SMILES string of the molecule is CS(=O)(=O)CC1CC1.[HH]. The molecule has 8 heavy (non-hydrogen) atoms. The summed E-state index contributed by atoms with van der Waals surface area (Å²) < 4.78 is 21.0. The molecule has 2 nitrogen and oxygen atoms in total. The van der Waals surface area contributed by atoms with Crippen LogP contribution in [0.5, 0.6) is 0 Å². The molecule has 0 N–H and O–H groups in total. The summed E-state index contributed by atoms with van der Waals surface area (Å²) in [5, 5.41) is 0. The van der Waals surface area contributed by atoms with Gasteiger partial charge < -0.3 is 0 Å². The molecule has 1 fully saturated rings. The van der Waals surface area contributed by atoms with E-state index in [2.05, 4.69) is 0 Å². The Morgan fingerprint density at radius 1 is 1.62 bits per heavy atom. The van der Waals surface area contributed by atoms with Crippen molar-refractivity contribution in [1.29, 1.82) is 0 Å². The van der Waals surface area contributed by atoms with Crippen molar-refractivity contribution in [1.82, 2.24) is 0 Å². The zero-order chi connectivity index (χ0) is 6.20. The molecule has 1 aliphatic carbocycles. The fraction of sp³-hybridized carbons (Fsp3) is 1.00. The van der Waals surface area contributed by atoms with Crippen molar-refractivity contribution in [3.05, 3.63) is 0 Å². The third kappa shape index (κ3) is 2.31. The molecule has 0 aromatic rings. The van der Waals surface area contributed by atoms with Gasteiger partial charge in [-0.1, -0.05) is 0 Å². The van der Waals surface area contributed by atoms with Gasteiger partial charge in [0.15, 0.2) is 0 Å². The normalized spacial score (nSPS) is 21.1. The summed E-state index contributed by atoms with van der Waals surface area (Å²) in [5.74, 6) is 0.914. The van der Waals surface area contributed by atoms with Gasteiger partial charge in [0.25, 0.3) is 0 Å². The van der Waals surface area contributed by atoms with Crippen LogP contribution >= 0.6 is 0 Å². The van der Waals surface area contributed by atoms with Crippen LogP contribution in [0.2, 0.25) is 0 Å². The predicted molar refractivity (Wildman–Crippen MR) is 34.5 cm³/mol. The fourth-order valence-corrected chi connectivity index (χ4v) is 1.90. The van der Waals surface area contributed by atoms with Gasteiger partial charge in [0.1, 0.15) is 9.84 Å². The van der Waals surface area contributed by atoms with Crippen LogP contribution in [0.15, 0.2) is 0 Å². The average molecular weight is 136 g/mol. The Kier molecular flexibility index (Phi) is 1.31. The van der Waals surface area contributed by atoms with Crippen LogP contribution in [-0.4, -0.2) is 20.4 Å². The number of rotatable bonds is 2. The highest BCUT2D eigenvalue weighted by molar-refractivity contribution is 7.90. The molecule has 0 saturated heterocycles. The van der Waals surface area contributed by atoms with E-state index >= 15 is 0 Å². The van der Waals surface area contributed by atoms with Gasteiger partial charge >= 0.3 is 0 Å². The van der Waals surface area contributed by atoms with Gasteiger partial charge in [-0.05, 0) is 18.8 Å². The van der Waals surface area contributed by atoms with Crippen LogP contribution < -0.4 is 0 Å². The minimum absolute atomic E-state index is 0. The Hall–Kier alpha value is -0.0500. The molecule has 3 heteroatoms. The maximum Gasteiger partial charge on any atom is 0.147 e. The molecule has 50 valence electrons. The van der Waals surface area contributed by atoms with E-state index in [1.807, 2.05) is 0 Å². The molecule has 1 saturated carbocycles. The summed E-state index contributed by atoms with van der Waals surface area (Å²) in [7, 11) is -2.66. The zero-order valence-corrected chi connectivity index (χ0v) is 5.74. The molecule has 1 aliphatic rings. The number of hydrogen-bond acceptors (Lipinski definition) is 2. The van der Waals surface area contributed by atoms with E-state index < -0.39 is 9.84 Å². The first-order valence-electron chi connectivity index (χ1n) is 2.76. The topological polar surface area (TPSA) is 34.1 Å². The van der Waals surface area contributed by atoms with Gasteiger partial charge in [-0.25, -0.2) is 8.42 Å². The largest absolute Gasteiger partial charge is 0.229 e. The highest BCUT2D eigenvalue weighted by Gasteiger charge is 2.25. The lowest BCUT2D eigenvalue weighted by molar-refractivity contribution is 0.598. The Morgan fingerprint density at radius 3 is 2.25 bits per heavy atom. The number of sulfone groups is 1. The molecule has 1 rings (SSSR count). The molecule has 0 aliphatic heterocycles. The van der Waals surface area contributed by atoms with Crippen molar-refractivity contribution in [2.45, 2.75) is 12.8 Å². The van der Waals surface area contributed by atoms with Gasteiger partial charge in [-0.3, -0.25) is 0 Å². The van der Waals surface area contributed by atoms with Gasteiger partial charge in [0, 0.05) is 7.68 Å². The average Bonchev–Trinajstić information content (AvgIpc) is 2.12.